The number of rotatable bonds is 10. The number of fused-ring (bicyclic) bond motifs is 1. The molecule has 0 bridgehead atoms. The number of methoxy groups -OCH3 is 2. The van der Waals surface area contributed by atoms with E-state index in [4.69, 9.17) is 9.47 Å². The van der Waals surface area contributed by atoms with Gasteiger partial charge in [0.25, 0.3) is 0 Å². The van der Waals surface area contributed by atoms with E-state index < -0.39 is 13.3 Å². The van der Waals surface area contributed by atoms with Crippen LogP contribution in [0.25, 0.3) is 0 Å². The molecule has 0 amide bonds. The summed E-state index contributed by atoms with van der Waals surface area (Å²) in [5.74, 6) is 0.651. The van der Waals surface area contributed by atoms with Crippen LogP contribution in [0, 0.1) is 74.8 Å². The Hall–Kier alpha value is -2.95. The molecule has 2 heterocycles. The Kier molecular flexibility index (Phi) is 13.8. The molecule has 278 valence electrons. The molecule has 1 spiro atoms. The van der Waals surface area contributed by atoms with Gasteiger partial charge >= 0.3 is 29.0 Å². The third kappa shape index (κ3) is 7.73. The van der Waals surface area contributed by atoms with Crippen LogP contribution in [0.5, 0.6) is 0 Å². The predicted octanol–water partition coefficient (Wildman–Crippen LogP) is 7.73. The van der Waals surface area contributed by atoms with E-state index in [0.29, 0.717) is 24.8 Å². The van der Waals surface area contributed by atoms with E-state index in [-0.39, 0.29) is 52.9 Å². The molecule has 0 unspecified atom stereocenters. The van der Waals surface area contributed by atoms with Gasteiger partial charge in [0.05, 0.1) is 31.1 Å². The van der Waals surface area contributed by atoms with Crippen LogP contribution in [0.2, 0.25) is 0 Å². The van der Waals surface area contributed by atoms with Gasteiger partial charge in [0.2, 0.25) is 0 Å². The molecule has 8 heteroatoms. The fraction of sp³-hybridized carbons (Fsp3) is 0.304. The molecule has 3 aromatic carbocycles. The van der Waals surface area contributed by atoms with Gasteiger partial charge in [-0.3, -0.25) is 9.69 Å². The summed E-state index contributed by atoms with van der Waals surface area (Å²) >= 11 is 0. The van der Waals surface area contributed by atoms with Gasteiger partial charge < -0.3 is 14.8 Å². The van der Waals surface area contributed by atoms with Crippen molar-refractivity contribution < 1.29 is 36.1 Å². The number of benzene rings is 3. The second kappa shape index (κ2) is 18.3. The topological polar surface area (TPSA) is 67.9 Å². The zero-order valence-electron chi connectivity index (χ0n) is 31.4. The molecule has 54 heavy (non-hydrogen) atoms. The maximum absolute atomic E-state index is 13.5. The summed E-state index contributed by atoms with van der Waals surface area (Å²) in [6, 6.07) is 30.4. The Bertz CT molecular complexity index is 1700. The fourth-order valence-corrected chi connectivity index (χ4v) is 11.8. The first-order chi connectivity index (χ1) is 25.9. The largest absolute Gasteiger partial charge is 2.00 e. The van der Waals surface area contributed by atoms with Crippen molar-refractivity contribution >= 4 is 36.2 Å². The number of nitrogens with one attached hydrogen (secondary N) is 1. The first-order valence-corrected chi connectivity index (χ1v) is 20.1. The van der Waals surface area contributed by atoms with Crippen LogP contribution < -0.4 is 15.9 Å². The van der Waals surface area contributed by atoms with Gasteiger partial charge in [0.1, 0.15) is 0 Å². The molecule has 1 N–H and O–H groups in total. The van der Waals surface area contributed by atoms with E-state index in [1.165, 1.54) is 42.0 Å². The van der Waals surface area contributed by atoms with Crippen molar-refractivity contribution in [2.45, 2.75) is 57.0 Å². The summed E-state index contributed by atoms with van der Waals surface area (Å²) in [6.45, 7) is 5.27. The summed E-state index contributed by atoms with van der Waals surface area (Å²) in [5.41, 5.74) is 4.93. The van der Waals surface area contributed by atoms with Gasteiger partial charge in [-0.15, -0.1) is 0 Å². The molecule has 0 aromatic heterocycles. The maximum Gasteiger partial charge on any atom is 2.00 e. The van der Waals surface area contributed by atoms with Crippen molar-refractivity contribution in [1.29, 1.82) is 0 Å². The van der Waals surface area contributed by atoms with Crippen molar-refractivity contribution in [2.24, 2.45) is 11.8 Å². The third-order valence-corrected chi connectivity index (χ3v) is 14.1. The van der Waals surface area contributed by atoms with Crippen LogP contribution in [-0.4, -0.2) is 49.7 Å². The molecule has 6 nitrogen and oxygen atoms in total. The number of hydrogen-bond donors (Lipinski definition) is 1. The zero-order chi connectivity index (χ0) is 37.0. The molecule has 2 aliphatic heterocycles. The van der Waals surface area contributed by atoms with E-state index in [9.17, 15) is 9.59 Å². The maximum atomic E-state index is 13.5. The fourth-order valence-electron chi connectivity index (χ4n) is 9.28. The summed E-state index contributed by atoms with van der Waals surface area (Å²) in [5, 5.41) is 6.38. The van der Waals surface area contributed by atoms with Crippen LogP contribution in [-0.2, 0) is 41.5 Å². The van der Waals surface area contributed by atoms with E-state index in [1.54, 1.807) is 0 Å². The van der Waals surface area contributed by atoms with Crippen LogP contribution in [0.15, 0.2) is 96.2 Å². The minimum Gasteiger partial charge on any atom is -0.469 e. The minimum atomic E-state index is -0.778. The van der Waals surface area contributed by atoms with Crippen molar-refractivity contribution in [1.82, 2.24) is 4.90 Å². The number of nitrogens with zero attached hydrogens (tertiary/aromatic N) is 1. The van der Waals surface area contributed by atoms with Crippen molar-refractivity contribution in [3.05, 3.63) is 165 Å². The predicted molar refractivity (Wildman–Crippen MR) is 214 cm³/mol. The Morgan fingerprint density at radius 3 is 2.06 bits per heavy atom. The van der Waals surface area contributed by atoms with E-state index in [1.807, 2.05) is 32.1 Å². The molecule has 2 saturated carbocycles. The summed E-state index contributed by atoms with van der Waals surface area (Å²) in [4.78, 5) is 29.2. The summed E-state index contributed by atoms with van der Waals surface area (Å²) < 4.78 is 10.7. The van der Waals surface area contributed by atoms with Crippen molar-refractivity contribution in [2.75, 3.05) is 26.1 Å². The van der Waals surface area contributed by atoms with Gasteiger partial charge in [-0.25, -0.2) is 4.79 Å². The second-order valence-corrected chi connectivity index (χ2v) is 16.4. The van der Waals surface area contributed by atoms with Crippen molar-refractivity contribution in [3.63, 3.8) is 0 Å². The number of hydrogen-bond acceptors (Lipinski definition) is 6. The van der Waals surface area contributed by atoms with Gasteiger partial charge in [-0.05, 0) is 120 Å². The standard InChI is InChI=1S/C41H44N2O4P.C5H5.Fe/c1-5-28(39(44)46-3)25-29-26-33(40(45)47-4)37-41(34-20-12-13-21-35(34)42-37)23-24-43(38(29)41)27(2)32-19-14-22-36(32)48(30-15-8-6-9-16-30)31-17-10-7-11-18-31;1-2-4-5-3-1;/h6-22,27-29,38,42H,5,23-26H2,1-4H3;1-5H;/q;;+2/t27-,28-,29-,38+,41+;;/m0../s1. The van der Waals surface area contributed by atoms with E-state index >= 15 is 0 Å². The molecule has 5 atom stereocenters. The molecular formula is C46H49FeN2O4P+2. The van der Waals surface area contributed by atoms with E-state index in [0.717, 1.165) is 24.4 Å². The monoisotopic (exact) mass is 780 g/mol. The summed E-state index contributed by atoms with van der Waals surface area (Å²) in [7, 11) is 2.16. The Labute approximate surface area is 335 Å². The number of anilines is 1. The number of esters is 2. The molecular weight excluding hydrogens is 731 g/mol. The second-order valence-electron chi connectivity index (χ2n) is 14.3. The summed E-state index contributed by atoms with van der Waals surface area (Å²) in [6.07, 6.45) is 19.6. The Balaban J connectivity index is 0.000000767. The molecule has 3 aromatic rings. The van der Waals surface area contributed by atoms with Crippen molar-refractivity contribution in [3.8, 4) is 0 Å². The number of carbonyl (C=O) groups is 2. The molecule has 8 rings (SSSR count). The molecule has 1 saturated heterocycles. The van der Waals surface area contributed by atoms with Crippen LogP contribution in [0.1, 0.15) is 45.1 Å². The first kappa shape index (κ1) is 40.7. The first-order valence-electron chi connectivity index (χ1n) is 18.8. The van der Waals surface area contributed by atoms with E-state index in [2.05, 4.69) is 128 Å². The molecule has 3 fully saturated rings. The van der Waals surface area contributed by atoms with Gasteiger partial charge in [-0.2, -0.15) is 0 Å². The Morgan fingerprint density at radius 1 is 0.852 bits per heavy atom. The number of para-hydroxylation sites is 1. The normalized spacial score (nSPS) is 24.7. The minimum absolute atomic E-state index is 0. The number of carbonyl (C=O) groups excluding carboxylic acids is 2. The number of likely N-dealkylation sites (tertiary alicyclic amines) is 1. The van der Waals surface area contributed by atoms with Crippen LogP contribution in [0.3, 0.4) is 0 Å². The Morgan fingerprint density at radius 2 is 1.46 bits per heavy atom. The average molecular weight is 781 g/mol. The van der Waals surface area contributed by atoms with Crippen LogP contribution >= 0.6 is 7.92 Å². The smallest absolute Gasteiger partial charge is 0.469 e. The van der Waals surface area contributed by atoms with Gasteiger partial charge in [0.15, 0.2) is 0 Å². The SMILES string of the molecule is CC[C@@H](C[C@H]1CC(C(=O)OC)=C2Nc3ccccc3[C@]23CCN([C@@H](C)[C]2[CH][CH][CH][C]2P(c2ccccc2)c2ccccc2)[C@H]13)C(=O)OC.[CH]1[CH][CH][CH][CH]1.[Fe+2]. The molecule has 3 aliphatic carbocycles. The average Bonchev–Trinajstić information content (AvgIpc) is 4.05. The van der Waals surface area contributed by atoms with Crippen LogP contribution in [0.4, 0.5) is 5.69 Å². The van der Waals surface area contributed by atoms with Gasteiger partial charge in [-0.1, -0.05) is 85.8 Å². The molecule has 10 radical (unpaired) electrons. The van der Waals surface area contributed by atoms with Gasteiger partial charge in [0, 0.05) is 41.6 Å². The third-order valence-electron chi connectivity index (χ3n) is 11.6. The zero-order valence-corrected chi connectivity index (χ0v) is 33.4. The quantitative estimate of drug-likeness (QED) is 0.129. The number of ether oxygens (including phenoxy) is 2. The molecule has 5 aliphatic rings.